The maximum atomic E-state index is 11.7. The van der Waals surface area contributed by atoms with Crippen molar-refractivity contribution in [1.29, 1.82) is 0 Å². The largest absolute Gasteiger partial charge is 0.494 e. The number of hydrogen-bond acceptors (Lipinski definition) is 4. The Morgan fingerprint density at radius 1 is 1.33 bits per heavy atom. The van der Waals surface area contributed by atoms with Crippen molar-refractivity contribution in [2.24, 2.45) is 0 Å². The van der Waals surface area contributed by atoms with Crippen LogP contribution in [0.15, 0.2) is 24.3 Å². The third-order valence-corrected chi connectivity index (χ3v) is 2.21. The number of rotatable bonds is 6. The van der Waals surface area contributed by atoms with E-state index in [1.807, 2.05) is 6.92 Å². The molecule has 0 aromatic heterocycles. The number of nitrogens with one attached hydrogen (secondary N) is 1. The fourth-order valence-corrected chi connectivity index (χ4v) is 1.30. The second-order valence-electron chi connectivity index (χ2n) is 3.50. The molecule has 1 aromatic carbocycles. The molecule has 1 rings (SSSR count). The molecule has 0 aliphatic carbocycles. The van der Waals surface area contributed by atoms with Crippen molar-refractivity contribution in [3.63, 3.8) is 0 Å². The normalized spacial score (nSPS) is 11.7. The third-order valence-electron chi connectivity index (χ3n) is 2.21. The molecule has 0 bridgehead atoms. The smallest absolute Gasteiger partial charge is 0.328 e. The van der Waals surface area contributed by atoms with Gasteiger partial charge in [-0.25, -0.2) is 4.79 Å². The van der Waals surface area contributed by atoms with Gasteiger partial charge >= 0.3 is 5.97 Å². The highest BCUT2D eigenvalue weighted by Crippen LogP contribution is 2.12. The van der Waals surface area contributed by atoms with Gasteiger partial charge in [0.15, 0.2) is 6.04 Å². The molecule has 0 heterocycles. The van der Waals surface area contributed by atoms with Crippen molar-refractivity contribution in [3.05, 3.63) is 29.8 Å². The van der Waals surface area contributed by atoms with E-state index in [0.717, 1.165) is 0 Å². The van der Waals surface area contributed by atoms with Crippen LogP contribution in [0.3, 0.4) is 0 Å². The predicted octanol–water partition coefficient (Wildman–Crippen LogP) is 0.261. The van der Waals surface area contributed by atoms with Gasteiger partial charge in [0.1, 0.15) is 5.75 Å². The van der Waals surface area contributed by atoms with Crippen LogP contribution in [0.2, 0.25) is 0 Å². The van der Waals surface area contributed by atoms with Crippen LogP contribution < -0.4 is 10.1 Å². The van der Waals surface area contributed by atoms with Gasteiger partial charge in [-0.05, 0) is 31.2 Å². The van der Waals surface area contributed by atoms with E-state index in [2.05, 4.69) is 5.32 Å². The highest BCUT2D eigenvalue weighted by atomic mass is 16.5. The Morgan fingerprint density at radius 3 is 2.39 bits per heavy atom. The van der Waals surface area contributed by atoms with Crippen LogP contribution in [0.4, 0.5) is 0 Å². The average Bonchev–Trinajstić information content (AvgIpc) is 2.36. The van der Waals surface area contributed by atoms with E-state index in [9.17, 15) is 9.59 Å². The van der Waals surface area contributed by atoms with Gasteiger partial charge in [-0.2, -0.15) is 0 Å². The van der Waals surface area contributed by atoms with Crippen molar-refractivity contribution in [2.45, 2.75) is 13.0 Å². The number of carbonyl (C=O) groups is 2. The van der Waals surface area contributed by atoms with Gasteiger partial charge in [0.2, 0.25) is 0 Å². The first-order valence-corrected chi connectivity index (χ1v) is 5.45. The Labute approximate surface area is 104 Å². The lowest BCUT2D eigenvalue weighted by molar-refractivity contribution is -0.140. The fraction of sp³-hybridized carbons (Fsp3) is 0.333. The van der Waals surface area contributed by atoms with E-state index in [1.165, 1.54) is 12.1 Å². The van der Waals surface area contributed by atoms with Crippen molar-refractivity contribution >= 4 is 11.9 Å². The maximum Gasteiger partial charge on any atom is 0.328 e. The zero-order valence-electron chi connectivity index (χ0n) is 9.92. The first kappa shape index (κ1) is 14.0. The van der Waals surface area contributed by atoms with E-state index in [0.29, 0.717) is 17.9 Å². The Morgan fingerprint density at radius 2 is 1.94 bits per heavy atom. The van der Waals surface area contributed by atoms with Crippen LogP contribution in [0.5, 0.6) is 5.75 Å². The SMILES string of the molecule is CCOc1ccc(C(=O)N[C@H](CO)C(=O)O)cc1. The molecule has 0 saturated heterocycles. The summed E-state index contributed by atoms with van der Waals surface area (Å²) in [4.78, 5) is 22.3. The minimum absolute atomic E-state index is 0.304. The topological polar surface area (TPSA) is 95.9 Å². The molecule has 0 aliphatic rings. The molecule has 6 nitrogen and oxygen atoms in total. The number of aliphatic hydroxyl groups excluding tert-OH is 1. The molecular weight excluding hydrogens is 238 g/mol. The molecule has 0 saturated carbocycles. The number of aliphatic hydroxyl groups is 1. The second kappa shape index (κ2) is 6.61. The van der Waals surface area contributed by atoms with E-state index in [4.69, 9.17) is 14.9 Å². The van der Waals surface area contributed by atoms with Crippen LogP contribution in [-0.2, 0) is 4.79 Å². The molecule has 0 aliphatic heterocycles. The predicted molar refractivity (Wildman–Crippen MR) is 63.6 cm³/mol. The van der Waals surface area contributed by atoms with Gasteiger partial charge in [-0.3, -0.25) is 4.79 Å². The van der Waals surface area contributed by atoms with Crippen LogP contribution in [0.1, 0.15) is 17.3 Å². The summed E-state index contributed by atoms with van der Waals surface area (Å²) in [5.74, 6) is -1.21. The summed E-state index contributed by atoms with van der Waals surface area (Å²) >= 11 is 0. The van der Waals surface area contributed by atoms with Gasteiger partial charge in [0.05, 0.1) is 13.2 Å². The van der Waals surface area contributed by atoms with Gasteiger partial charge < -0.3 is 20.3 Å². The number of carboxylic acids is 1. The summed E-state index contributed by atoms with van der Waals surface area (Å²) < 4.78 is 5.22. The monoisotopic (exact) mass is 253 g/mol. The number of carbonyl (C=O) groups excluding carboxylic acids is 1. The van der Waals surface area contributed by atoms with E-state index in [1.54, 1.807) is 12.1 Å². The van der Waals surface area contributed by atoms with Gasteiger partial charge in [-0.15, -0.1) is 0 Å². The quantitative estimate of drug-likeness (QED) is 0.676. The van der Waals surface area contributed by atoms with E-state index >= 15 is 0 Å². The molecule has 18 heavy (non-hydrogen) atoms. The lowest BCUT2D eigenvalue weighted by atomic mass is 10.2. The van der Waals surface area contributed by atoms with Crippen molar-refractivity contribution in [2.75, 3.05) is 13.2 Å². The minimum atomic E-state index is -1.30. The first-order valence-electron chi connectivity index (χ1n) is 5.45. The summed E-state index contributed by atoms with van der Waals surface area (Å²) in [7, 11) is 0. The van der Waals surface area contributed by atoms with Crippen molar-refractivity contribution in [1.82, 2.24) is 5.32 Å². The molecule has 3 N–H and O–H groups in total. The summed E-state index contributed by atoms with van der Waals surface area (Å²) in [5, 5.41) is 19.7. The number of hydrogen-bond donors (Lipinski definition) is 3. The highest BCUT2D eigenvalue weighted by molar-refractivity contribution is 5.96. The zero-order valence-corrected chi connectivity index (χ0v) is 9.92. The van der Waals surface area contributed by atoms with Crippen LogP contribution in [0.25, 0.3) is 0 Å². The summed E-state index contributed by atoms with van der Waals surface area (Å²) in [5.41, 5.74) is 0.304. The standard InChI is InChI=1S/C12H15NO5/c1-2-18-9-5-3-8(4-6-9)11(15)13-10(7-14)12(16)17/h3-6,10,14H,2,7H2,1H3,(H,13,15)(H,16,17)/t10-/m1/s1. The van der Waals surface area contributed by atoms with Gasteiger partial charge in [0.25, 0.3) is 5.91 Å². The van der Waals surface area contributed by atoms with Crippen molar-refractivity contribution < 1.29 is 24.5 Å². The molecule has 0 unspecified atom stereocenters. The average molecular weight is 253 g/mol. The fourth-order valence-electron chi connectivity index (χ4n) is 1.30. The first-order chi connectivity index (χ1) is 8.58. The van der Waals surface area contributed by atoms with E-state index < -0.39 is 24.5 Å². The number of amides is 1. The molecule has 98 valence electrons. The lowest BCUT2D eigenvalue weighted by Crippen LogP contribution is -2.43. The lowest BCUT2D eigenvalue weighted by Gasteiger charge is -2.11. The second-order valence-corrected chi connectivity index (χ2v) is 3.50. The molecule has 0 spiro atoms. The third kappa shape index (κ3) is 3.74. The molecule has 0 fully saturated rings. The Balaban J connectivity index is 2.69. The van der Waals surface area contributed by atoms with E-state index in [-0.39, 0.29) is 0 Å². The Bertz CT molecular complexity index is 415. The number of benzene rings is 1. The highest BCUT2D eigenvalue weighted by Gasteiger charge is 2.19. The molecular formula is C12H15NO5. The maximum absolute atomic E-state index is 11.7. The molecule has 1 aromatic rings. The summed E-state index contributed by atoms with van der Waals surface area (Å²) in [6, 6.07) is 4.98. The molecule has 1 atom stereocenters. The molecule has 0 radical (unpaired) electrons. The van der Waals surface area contributed by atoms with Crippen LogP contribution in [0, 0.1) is 0 Å². The van der Waals surface area contributed by atoms with Gasteiger partial charge in [-0.1, -0.05) is 0 Å². The number of ether oxygens (including phenoxy) is 1. The Hall–Kier alpha value is -2.08. The van der Waals surface area contributed by atoms with Gasteiger partial charge in [0, 0.05) is 5.56 Å². The summed E-state index contributed by atoms with van der Waals surface area (Å²) in [6.45, 7) is 1.72. The number of aliphatic carboxylic acids is 1. The number of carboxylic acid groups (broad SMARTS) is 1. The van der Waals surface area contributed by atoms with Crippen molar-refractivity contribution in [3.8, 4) is 5.75 Å². The van der Waals surface area contributed by atoms with Crippen LogP contribution in [-0.4, -0.2) is 41.3 Å². The molecule has 1 amide bonds. The zero-order chi connectivity index (χ0) is 13.5. The Kier molecular flexibility index (Phi) is 5.13. The minimum Gasteiger partial charge on any atom is -0.494 e. The molecule has 6 heteroatoms. The summed E-state index contributed by atoms with van der Waals surface area (Å²) in [6.07, 6.45) is 0. The van der Waals surface area contributed by atoms with Crippen LogP contribution >= 0.6 is 0 Å².